The van der Waals surface area contributed by atoms with Crippen LogP contribution in [0.3, 0.4) is 0 Å². The summed E-state index contributed by atoms with van der Waals surface area (Å²) >= 11 is 0. The summed E-state index contributed by atoms with van der Waals surface area (Å²) in [6.45, 7) is 0. The molecule has 0 spiro atoms. The van der Waals surface area contributed by atoms with E-state index in [1.165, 1.54) is 7.11 Å². The van der Waals surface area contributed by atoms with Crippen molar-refractivity contribution in [3.05, 3.63) is 23.8 Å². The molecule has 0 heterocycles. The lowest BCUT2D eigenvalue weighted by molar-refractivity contribution is -0.221. The van der Waals surface area contributed by atoms with E-state index in [4.69, 9.17) is 9.47 Å². The normalized spacial score (nSPS) is 11.3. The Balaban J connectivity index is 3.10. The van der Waals surface area contributed by atoms with Crippen molar-refractivity contribution < 1.29 is 19.0 Å². The van der Waals surface area contributed by atoms with Crippen LogP contribution in [-0.2, 0) is 24.8 Å². The van der Waals surface area contributed by atoms with Crippen LogP contribution in [0, 0.1) is 0 Å². The third-order valence-electron chi connectivity index (χ3n) is 3.35. The van der Waals surface area contributed by atoms with Crippen LogP contribution in [0.1, 0.15) is 18.4 Å². The molecular weight excluding hydrogens is 242 g/mol. The molecule has 0 saturated heterocycles. The van der Waals surface area contributed by atoms with Crippen LogP contribution in [0.15, 0.2) is 18.2 Å². The van der Waals surface area contributed by atoms with Crippen LogP contribution in [-0.4, -0.2) is 43.0 Å². The number of benzene rings is 1. The fraction of sp³-hybridized carbons (Fsp3) is 0.462. The van der Waals surface area contributed by atoms with Gasteiger partial charge in [-0.3, -0.25) is 4.79 Å². The van der Waals surface area contributed by atoms with Gasteiger partial charge in [-0.05, 0) is 0 Å². The average molecular weight is 262 g/mol. The Labute approximate surface area is 116 Å². The minimum absolute atomic E-state index is 0.242. The predicted octanol–water partition coefficient (Wildman–Crippen LogP) is -1.40. The van der Waals surface area contributed by atoms with Crippen molar-refractivity contribution in [3.8, 4) is 0 Å². The number of rotatable bonds is 6. The van der Waals surface area contributed by atoms with Crippen molar-refractivity contribution in [2.45, 2.75) is 18.6 Å². The summed E-state index contributed by atoms with van der Waals surface area (Å²) in [6.07, 6.45) is 0.655. The maximum atomic E-state index is 11.3. The smallest absolute Gasteiger partial charge is 0.305 e. The Morgan fingerprint density at radius 2 is 1.84 bits per heavy atom. The Morgan fingerprint density at radius 1 is 1.21 bits per heavy atom. The summed E-state index contributed by atoms with van der Waals surface area (Å²) in [7, 11) is 8.56. The number of hydrogen-bond acceptors (Lipinski definition) is 4. The topological polar surface area (TPSA) is 44.8 Å². The highest BCUT2D eigenvalue weighted by Gasteiger charge is 2.34. The maximum absolute atomic E-state index is 11.3. The predicted molar refractivity (Wildman–Crippen MR) is 79.7 cm³/mol. The third-order valence-corrected chi connectivity index (χ3v) is 3.35. The first-order chi connectivity index (χ1) is 8.99. The number of esters is 1. The first-order valence-corrected chi connectivity index (χ1v) is 6.24. The maximum Gasteiger partial charge on any atom is 0.305 e. The highest BCUT2D eigenvalue weighted by Crippen LogP contribution is 2.29. The van der Waals surface area contributed by atoms with E-state index in [0.717, 1.165) is 16.5 Å². The van der Waals surface area contributed by atoms with Gasteiger partial charge in [0.2, 0.25) is 0 Å². The summed E-state index contributed by atoms with van der Waals surface area (Å²) < 4.78 is 15.8. The summed E-state index contributed by atoms with van der Waals surface area (Å²) in [5, 5.41) is 0. The Morgan fingerprint density at radius 3 is 2.37 bits per heavy atom. The first kappa shape index (κ1) is 15.8. The number of carbonyl (C=O) groups is 1. The minimum Gasteiger partial charge on any atom is -0.469 e. The zero-order valence-electron chi connectivity index (χ0n) is 12.3. The molecule has 0 aliphatic carbocycles. The van der Waals surface area contributed by atoms with Gasteiger partial charge in [0, 0.05) is 26.2 Å². The van der Waals surface area contributed by atoms with E-state index in [9.17, 15) is 4.79 Å². The van der Waals surface area contributed by atoms with Gasteiger partial charge in [0.05, 0.1) is 13.5 Å². The fourth-order valence-corrected chi connectivity index (χ4v) is 2.16. The summed E-state index contributed by atoms with van der Waals surface area (Å²) in [5.74, 6) is -1.19. The second-order valence-corrected chi connectivity index (χ2v) is 4.56. The molecule has 0 unspecified atom stereocenters. The van der Waals surface area contributed by atoms with E-state index >= 15 is 0 Å². The van der Waals surface area contributed by atoms with Crippen LogP contribution in [0.5, 0.6) is 0 Å². The molecule has 4 nitrogen and oxygen atoms in total. The van der Waals surface area contributed by atoms with Crippen molar-refractivity contribution in [2.24, 2.45) is 0 Å². The Bertz CT molecular complexity index is 444. The Hall–Kier alpha value is -1.26. The summed E-state index contributed by atoms with van der Waals surface area (Å²) in [5.41, 5.74) is 3.14. The molecule has 1 rings (SSSR count). The highest BCUT2D eigenvalue weighted by molar-refractivity contribution is 6.36. The van der Waals surface area contributed by atoms with E-state index in [1.54, 1.807) is 14.2 Å². The zero-order chi connectivity index (χ0) is 14.5. The van der Waals surface area contributed by atoms with Gasteiger partial charge in [0.15, 0.2) is 5.79 Å². The van der Waals surface area contributed by atoms with Gasteiger partial charge in [-0.2, -0.15) is 0 Å². The molecule has 0 amide bonds. The minimum atomic E-state index is -0.912. The van der Waals surface area contributed by atoms with Crippen molar-refractivity contribution in [1.29, 1.82) is 0 Å². The molecule has 0 fully saturated rings. The van der Waals surface area contributed by atoms with E-state index in [0.29, 0.717) is 6.42 Å². The largest absolute Gasteiger partial charge is 0.469 e. The highest BCUT2D eigenvalue weighted by atomic mass is 16.7. The van der Waals surface area contributed by atoms with Crippen molar-refractivity contribution >= 4 is 32.6 Å². The molecule has 1 aromatic carbocycles. The van der Waals surface area contributed by atoms with Crippen molar-refractivity contribution in [3.63, 3.8) is 0 Å². The second kappa shape index (κ2) is 6.78. The fourth-order valence-electron chi connectivity index (χ4n) is 2.16. The molecule has 0 bridgehead atoms. The van der Waals surface area contributed by atoms with Gasteiger partial charge in [0.1, 0.15) is 15.7 Å². The molecular formula is C13H20B2O4. The standard InChI is InChI=1S/C13H20B2O4/c1-17-12(16)6-7-13(18-2,19-3)10-8-9(14)4-5-11(10)15/h4-5,8H,6-7,14-15H2,1-3H3. The third kappa shape index (κ3) is 3.61. The molecule has 0 atom stereocenters. The van der Waals surface area contributed by atoms with Crippen LogP contribution < -0.4 is 10.9 Å². The first-order valence-electron chi connectivity index (χ1n) is 6.24. The van der Waals surface area contributed by atoms with Crippen molar-refractivity contribution in [2.75, 3.05) is 21.3 Å². The molecule has 0 N–H and O–H groups in total. The average Bonchev–Trinajstić information content (AvgIpc) is 2.43. The molecule has 1 aromatic rings. The van der Waals surface area contributed by atoms with Gasteiger partial charge in [-0.1, -0.05) is 29.1 Å². The van der Waals surface area contributed by atoms with E-state index in [-0.39, 0.29) is 12.4 Å². The second-order valence-electron chi connectivity index (χ2n) is 4.56. The van der Waals surface area contributed by atoms with Crippen molar-refractivity contribution in [1.82, 2.24) is 0 Å². The summed E-state index contributed by atoms with van der Waals surface area (Å²) in [4.78, 5) is 11.3. The van der Waals surface area contributed by atoms with Crippen LogP contribution in [0.4, 0.5) is 0 Å². The molecule has 0 aliphatic heterocycles. The molecule has 0 saturated carbocycles. The van der Waals surface area contributed by atoms with Gasteiger partial charge in [-0.15, -0.1) is 0 Å². The molecule has 0 radical (unpaired) electrons. The molecule has 19 heavy (non-hydrogen) atoms. The monoisotopic (exact) mass is 262 g/mol. The molecule has 102 valence electrons. The lowest BCUT2D eigenvalue weighted by atomic mass is 9.80. The van der Waals surface area contributed by atoms with Gasteiger partial charge >= 0.3 is 5.97 Å². The number of carbonyl (C=O) groups excluding carboxylic acids is 1. The zero-order valence-corrected chi connectivity index (χ0v) is 12.3. The molecule has 0 aromatic heterocycles. The molecule has 0 aliphatic rings. The van der Waals surface area contributed by atoms with E-state index < -0.39 is 5.79 Å². The van der Waals surface area contributed by atoms with Crippen LogP contribution >= 0.6 is 0 Å². The summed E-state index contributed by atoms with van der Waals surface area (Å²) in [6, 6.07) is 6.09. The lowest BCUT2D eigenvalue weighted by Crippen LogP contribution is -2.37. The van der Waals surface area contributed by atoms with Gasteiger partial charge in [-0.25, -0.2) is 0 Å². The number of hydrogen-bond donors (Lipinski definition) is 0. The quantitative estimate of drug-likeness (QED) is 0.359. The SMILES string of the molecule is Bc1ccc(B)c(C(CCC(=O)OC)(OC)OC)c1. The van der Waals surface area contributed by atoms with Gasteiger partial charge in [0.25, 0.3) is 0 Å². The van der Waals surface area contributed by atoms with Crippen LogP contribution in [0.2, 0.25) is 0 Å². The number of methoxy groups -OCH3 is 3. The lowest BCUT2D eigenvalue weighted by Gasteiger charge is -2.33. The van der Waals surface area contributed by atoms with E-state index in [2.05, 4.69) is 4.74 Å². The van der Waals surface area contributed by atoms with Crippen LogP contribution in [0.25, 0.3) is 0 Å². The number of ether oxygens (including phenoxy) is 3. The Kier molecular flexibility index (Phi) is 5.63. The van der Waals surface area contributed by atoms with E-state index in [1.807, 2.05) is 33.9 Å². The molecule has 6 heteroatoms. The van der Waals surface area contributed by atoms with Gasteiger partial charge < -0.3 is 14.2 Å².